The van der Waals surface area contributed by atoms with Gasteiger partial charge in [-0.3, -0.25) is 4.79 Å². The molecule has 0 aliphatic heterocycles. The lowest BCUT2D eigenvalue weighted by atomic mass is 10.0. The van der Waals surface area contributed by atoms with Crippen LogP contribution in [0.5, 0.6) is 5.75 Å². The summed E-state index contributed by atoms with van der Waals surface area (Å²) in [6.07, 6.45) is 0.750. The van der Waals surface area contributed by atoms with Crippen LogP contribution in [-0.4, -0.2) is 34.7 Å². The van der Waals surface area contributed by atoms with E-state index < -0.39 is 17.7 Å². The van der Waals surface area contributed by atoms with Crippen LogP contribution >= 0.6 is 0 Å². The van der Waals surface area contributed by atoms with E-state index in [1.807, 2.05) is 6.92 Å². The van der Waals surface area contributed by atoms with Crippen LogP contribution in [0.25, 0.3) is 11.1 Å². The molecular weight excluding hydrogens is 384 g/mol. The first-order valence-corrected chi connectivity index (χ1v) is 9.01. The summed E-state index contributed by atoms with van der Waals surface area (Å²) in [6.45, 7) is 4.95. The maximum Gasteiger partial charge on any atom is 0.404 e. The number of hydrogen-bond donors (Lipinski definition) is 3. The maximum atomic E-state index is 14.6. The van der Waals surface area contributed by atoms with E-state index in [9.17, 15) is 18.4 Å². The van der Waals surface area contributed by atoms with Gasteiger partial charge in [0.15, 0.2) is 11.6 Å². The lowest BCUT2D eigenvalue weighted by molar-refractivity contribution is -0.114. The van der Waals surface area contributed by atoms with Crippen molar-refractivity contribution in [3.05, 3.63) is 42.1 Å². The van der Waals surface area contributed by atoms with Crippen molar-refractivity contribution in [3.8, 4) is 16.9 Å². The number of nitrogens with zero attached hydrogens (tertiary/aromatic N) is 1. The number of carbonyl (C=O) groups excluding carboxylic acids is 1. The zero-order valence-corrected chi connectivity index (χ0v) is 16.3. The van der Waals surface area contributed by atoms with Gasteiger partial charge in [0, 0.05) is 30.8 Å². The minimum atomic E-state index is -1.12. The molecule has 3 N–H and O–H groups in total. The first-order valence-electron chi connectivity index (χ1n) is 9.01. The van der Waals surface area contributed by atoms with Crippen LogP contribution in [0.15, 0.2) is 30.5 Å². The molecule has 0 radical (unpaired) electrons. The van der Waals surface area contributed by atoms with E-state index in [1.165, 1.54) is 25.3 Å². The predicted octanol–water partition coefficient (Wildman–Crippen LogP) is 4.05. The van der Waals surface area contributed by atoms with Crippen molar-refractivity contribution in [3.63, 3.8) is 0 Å². The predicted molar refractivity (Wildman–Crippen MR) is 104 cm³/mol. The third kappa shape index (κ3) is 6.70. The summed E-state index contributed by atoms with van der Waals surface area (Å²) in [5, 5.41) is 13.5. The number of ether oxygens (including phenoxy) is 1. The molecule has 29 heavy (non-hydrogen) atoms. The van der Waals surface area contributed by atoms with Crippen LogP contribution in [0.1, 0.15) is 27.2 Å². The standard InChI is InChI=1S/C20H23F2N3O4/c1-11(6-12(2)24-20(27)28)10-29-18-9-16(21)15(8-17(18)22)14-4-5-23-19(7-14)25-13(3)26/h4-5,7-9,11-12,24H,6,10H2,1-3H3,(H,27,28)(H,23,25,26)/t11-,12?/m0/s1. The average molecular weight is 407 g/mol. The molecule has 1 aromatic heterocycles. The number of rotatable bonds is 8. The number of carboxylic acid groups (broad SMARTS) is 1. The van der Waals surface area contributed by atoms with Gasteiger partial charge in [-0.1, -0.05) is 6.92 Å². The molecule has 0 bridgehead atoms. The normalized spacial score (nSPS) is 12.7. The van der Waals surface area contributed by atoms with Gasteiger partial charge in [0.1, 0.15) is 11.6 Å². The van der Waals surface area contributed by atoms with Gasteiger partial charge in [-0.2, -0.15) is 0 Å². The van der Waals surface area contributed by atoms with Gasteiger partial charge in [0.25, 0.3) is 0 Å². The van der Waals surface area contributed by atoms with Crippen molar-refractivity contribution in [1.29, 1.82) is 0 Å². The zero-order valence-electron chi connectivity index (χ0n) is 16.3. The number of halogens is 2. The molecule has 9 heteroatoms. The molecule has 1 aromatic carbocycles. The van der Waals surface area contributed by atoms with Gasteiger partial charge < -0.3 is 20.5 Å². The Morgan fingerprint density at radius 2 is 1.93 bits per heavy atom. The Morgan fingerprint density at radius 3 is 2.59 bits per heavy atom. The van der Waals surface area contributed by atoms with Crippen LogP contribution in [-0.2, 0) is 4.79 Å². The summed E-state index contributed by atoms with van der Waals surface area (Å²) in [5.74, 6) is -1.83. The SMILES string of the molecule is CC(=O)Nc1cc(-c2cc(F)c(OC[C@@H](C)CC(C)NC(=O)O)cc2F)ccn1. The Morgan fingerprint density at radius 1 is 1.21 bits per heavy atom. The fraction of sp³-hybridized carbons (Fsp3) is 0.350. The van der Waals surface area contributed by atoms with Gasteiger partial charge in [0.2, 0.25) is 5.91 Å². The second-order valence-corrected chi connectivity index (χ2v) is 6.88. The Hall–Kier alpha value is -3.23. The Bertz CT molecular complexity index is 892. The van der Waals surface area contributed by atoms with Crippen molar-refractivity contribution in [2.45, 2.75) is 33.2 Å². The second-order valence-electron chi connectivity index (χ2n) is 6.88. The molecule has 7 nitrogen and oxygen atoms in total. The number of carbonyl (C=O) groups is 2. The fourth-order valence-corrected chi connectivity index (χ4v) is 2.88. The number of pyridine rings is 1. The van der Waals surface area contributed by atoms with Crippen LogP contribution in [0.4, 0.5) is 19.4 Å². The van der Waals surface area contributed by atoms with Crippen molar-refractivity contribution in [2.24, 2.45) is 5.92 Å². The minimum absolute atomic E-state index is 0.0104. The number of nitrogens with one attached hydrogen (secondary N) is 2. The Labute approximate surface area is 167 Å². The summed E-state index contributed by atoms with van der Waals surface area (Å²) in [6, 6.07) is 4.65. The number of amides is 2. The number of benzene rings is 1. The van der Waals surface area contributed by atoms with Gasteiger partial charge in [-0.15, -0.1) is 0 Å². The molecule has 0 aliphatic carbocycles. The zero-order chi connectivity index (χ0) is 21.6. The lowest BCUT2D eigenvalue weighted by Gasteiger charge is -2.18. The largest absolute Gasteiger partial charge is 0.490 e. The molecular formula is C20H23F2N3O4. The molecule has 1 unspecified atom stereocenters. The molecule has 0 spiro atoms. The monoisotopic (exact) mass is 407 g/mol. The van der Waals surface area contributed by atoms with Gasteiger partial charge in [-0.05, 0) is 43.0 Å². The quantitative estimate of drug-likeness (QED) is 0.613. The maximum absolute atomic E-state index is 14.6. The highest BCUT2D eigenvalue weighted by molar-refractivity contribution is 5.88. The van der Waals surface area contributed by atoms with Gasteiger partial charge in [-0.25, -0.2) is 18.6 Å². The molecule has 2 amide bonds. The molecule has 0 saturated carbocycles. The first-order chi connectivity index (χ1) is 13.7. The van der Waals surface area contributed by atoms with Gasteiger partial charge in [0.05, 0.1) is 6.61 Å². The first kappa shape index (κ1) is 22.1. The minimum Gasteiger partial charge on any atom is -0.490 e. The van der Waals surface area contributed by atoms with Gasteiger partial charge >= 0.3 is 6.09 Å². The van der Waals surface area contributed by atoms with Crippen molar-refractivity contribution in [1.82, 2.24) is 10.3 Å². The van der Waals surface area contributed by atoms with Crippen LogP contribution < -0.4 is 15.4 Å². The van der Waals surface area contributed by atoms with Crippen molar-refractivity contribution >= 4 is 17.8 Å². The fourth-order valence-electron chi connectivity index (χ4n) is 2.88. The van der Waals surface area contributed by atoms with E-state index in [0.29, 0.717) is 12.0 Å². The number of hydrogen-bond acceptors (Lipinski definition) is 4. The van der Waals surface area contributed by atoms with Crippen molar-refractivity contribution in [2.75, 3.05) is 11.9 Å². The summed E-state index contributed by atoms with van der Waals surface area (Å²) in [4.78, 5) is 25.7. The van der Waals surface area contributed by atoms with E-state index in [1.54, 1.807) is 6.92 Å². The molecule has 2 atom stereocenters. The number of anilines is 1. The number of aromatic nitrogens is 1. The molecule has 1 heterocycles. The topological polar surface area (TPSA) is 101 Å². The highest BCUT2D eigenvalue weighted by Gasteiger charge is 2.16. The summed E-state index contributed by atoms with van der Waals surface area (Å²) in [7, 11) is 0. The van der Waals surface area contributed by atoms with E-state index in [2.05, 4.69) is 15.6 Å². The van der Waals surface area contributed by atoms with Crippen LogP contribution in [0.2, 0.25) is 0 Å². The molecule has 156 valence electrons. The van der Waals surface area contributed by atoms with Crippen LogP contribution in [0, 0.1) is 17.6 Å². The summed E-state index contributed by atoms with van der Waals surface area (Å²) < 4.78 is 34.4. The molecule has 0 saturated heterocycles. The van der Waals surface area contributed by atoms with E-state index >= 15 is 0 Å². The summed E-state index contributed by atoms with van der Waals surface area (Å²) in [5.41, 5.74) is 0.366. The summed E-state index contributed by atoms with van der Waals surface area (Å²) >= 11 is 0. The smallest absolute Gasteiger partial charge is 0.404 e. The second kappa shape index (κ2) is 9.81. The highest BCUT2D eigenvalue weighted by Crippen LogP contribution is 2.30. The molecule has 0 aliphatic rings. The highest BCUT2D eigenvalue weighted by atomic mass is 19.1. The molecule has 0 fully saturated rings. The molecule has 2 rings (SSSR count). The van der Waals surface area contributed by atoms with E-state index in [0.717, 1.165) is 12.1 Å². The average Bonchev–Trinajstić information content (AvgIpc) is 2.61. The lowest BCUT2D eigenvalue weighted by Crippen LogP contribution is -2.33. The van der Waals surface area contributed by atoms with Crippen LogP contribution in [0.3, 0.4) is 0 Å². The molecule has 2 aromatic rings. The third-order valence-electron chi connectivity index (χ3n) is 4.05. The Kier molecular flexibility index (Phi) is 7.46. The van der Waals surface area contributed by atoms with E-state index in [4.69, 9.17) is 9.84 Å². The van der Waals surface area contributed by atoms with E-state index in [-0.39, 0.29) is 41.6 Å². The third-order valence-corrected chi connectivity index (χ3v) is 4.05. The van der Waals surface area contributed by atoms with Crippen molar-refractivity contribution < 1.29 is 28.2 Å². The Balaban J connectivity index is 2.09.